The van der Waals surface area contributed by atoms with Gasteiger partial charge in [0.15, 0.2) is 0 Å². The highest BCUT2D eigenvalue weighted by molar-refractivity contribution is 7.92. The van der Waals surface area contributed by atoms with Crippen LogP contribution in [0, 0.1) is 12.8 Å². The molecule has 0 aliphatic carbocycles. The number of halogens is 3. The summed E-state index contributed by atoms with van der Waals surface area (Å²) in [5.41, 5.74) is 2.62. The van der Waals surface area contributed by atoms with Crippen molar-refractivity contribution in [2.45, 2.75) is 39.8 Å². The molecule has 0 spiro atoms. The van der Waals surface area contributed by atoms with Crippen molar-refractivity contribution in [3.63, 3.8) is 0 Å². The van der Waals surface area contributed by atoms with Crippen LogP contribution in [0.2, 0.25) is 15.1 Å². The molecular formula is C30H34Cl3N3O4S. The number of nitrogens with one attached hydrogen (secondary N) is 1. The maximum Gasteiger partial charge on any atom is 0.244 e. The van der Waals surface area contributed by atoms with E-state index in [-0.39, 0.29) is 45.5 Å². The predicted octanol–water partition coefficient (Wildman–Crippen LogP) is 6.13. The van der Waals surface area contributed by atoms with Gasteiger partial charge in [0, 0.05) is 19.5 Å². The number of sulfonamides is 1. The molecule has 0 fully saturated rings. The zero-order valence-corrected chi connectivity index (χ0v) is 26.5. The highest BCUT2D eigenvalue weighted by Crippen LogP contribution is 2.35. The summed E-state index contributed by atoms with van der Waals surface area (Å²) in [6, 6.07) is 18.6. The number of hydrogen-bond acceptors (Lipinski definition) is 4. The molecule has 1 atom stereocenters. The lowest BCUT2D eigenvalue weighted by Crippen LogP contribution is -2.53. The van der Waals surface area contributed by atoms with Crippen molar-refractivity contribution in [2.75, 3.05) is 23.7 Å². The fourth-order valence-electron chi connectivity index (χ4n) is 4.25. The summed E-state index contributed by atoms with van der Waals surface area (Å²) in [5, 5.41) is 3.20. The first-order valence-electron chi connectivity index (χ1n) is 13.1. The summed E-state index contributed by atoms with van der Waals surface area (Å²) < 4.78 is 26.8. The molecule has 0 bridgehead atoms. The maximum absolute atomic E-state index is 14.2. The fourth-order valence-corrected chi connectivity index (χ4v) is 5.79. The normalized spacial score (nSPS) is 12.2. The molecule has 7 nitrogen and oxygen atoms in total. The number of carbonyl (C=O) groups excluding carboxylic acids is 2. The highest BCUT2D eigenvalue weighted by Gasteiger charge is 2.34. The summed E-state index contributed by atoms with van der Waals surface area (Å²) in [5.74, 6) is -0.723. The van der Waals surface area contributed by atoms with Gasteiger partial charge in [0.1, 0.15) is 12.6 Å². The average molecular weight is 639 g/mol. The Balaban J connectivity index is 2.10. The highest BCUT2D eigenvalue weighted by atomic mass is 35.5. The third-order valence-electron chi connectivity index (χ3n) is 6.50. The molecule has 0 saturated carbocycles. The lowest BCUT2D eigenvalue weighted by molar-refractivity contribution is -0.140. The molecule has 3 rings (SSSR count). The van der Waals surface area contributed by atoms with Crippen LogP contribution in [-0.4, -0.2) is 50.5 Å². The quantitative estimate of drug-likeness (QED) is 0.242. The van der Waals surface area contributed by atoms with Crippen LogP contribution < -0.4 is 9.62 Å². The first-order chi connectivity index (χ1) is 19.3. The number of benzene rings is 3. The number of nitrogens with zero attached hydrogens (tertiary/aromatic N) is 2. The lowest BCUT2D eigenvalue weighted by Gasteiger charge is -2.34. The van der Waals surface area contributed by atoms with Gasteiger partial charge in [-0.2, -0.15) is 0 Å². The van der Waals surface area contributed by atoms with Gasteiger partial charge in [-0.25, -0.2) is 8.42 Å². The predicted molar refractivity (Wildman–Crippen MR) is 167 cm³/mol. The van der Waals surface area contributed by atoms with Gasteiger partial charge in [0.25, 0.3) is 0 Å². The molecule has 3 aromatic rings. The molecule has 1 unspecified atom stereocenters. The van der Waals surface area contributed by atoms with Gasteiger partial charge in [-0.1, -0.05) is 103 Å². The summed E-state index contributed by atoms with van der Waals surface area (Å²) in [6.07, 6.45) is 1.20. The molecule has 1 N–H and O–H groups in total. The van der Waals surface area contributed by atoms with E-state index in [9.17, 15) is 18.0 Å². The van der Waals surface area contributed by atoms with E-state index < -0.39 is 28.5 Å². The van der Waals surface area contributed by atoms with Crippen LogP contribution in [0.15, 0.2) is 66.7 Å². The van der Waals surface area contributed by atoms with Crippen molar-refractivity contribution in [2.24, 2.45) is 5.92 Å². The van der Waals surface area contributed by atoms with Crippen molar-refractivity contribution in [1.82, 2.24) is 10.2 Å². The summed E-state index contributed by atoms with van der Waals surface area (Å²) >= 11 is 18.6. The minimum Gasteiger partial charge on any atom is -0.354 e. The SMILES string of the molecule is Cc1ccccc1CN(C(=O)CN(c1cc(Cl)c(Cl)cc1Cl)S(C)(=O)=O)C(Cc1ccccc1)C(=O)NCC(C)C. The average Bonchev–Trinajstić information content (AvgIpc) is 2.91. The third-order valence-corrected chi connectivity index (χ3v) is 8.65. The van der Waals surface area contributed by atoms with E-state index in [4.69, 9.17) is 34.8 Å². The van der Waals surface area contributed by atoms with E-state index in [0.717, 1.165) is 27.3 Å². The number of anilines is 1. The Labute approximate surface area is 257 Å². The molecular weight excluding hydrogens is 605 g/mol. The molecule has 0 heterocycles. The van der Waals surface area contributed by atoms with Gasteiger partial charge in [-0.15, -0.1) is 0 Å². The summed E-state index contributed by atoms with van der Waals surface area (Å²) in [6.45, 7) is 5.78. The van der Waals surface area contributed by atoms with E-state index in [1.165, 1.54) is 17.0 Å². The van der Waals surface area contributed by atoms with E-state index in [1.54, 1.807) is 0 Å². The van der Waals surface area contributed by atoms with Crippen LogP contribution in [0.3, 0.4) is 0 Å². The molecule has 220 valence electrons. The number of carbonyl (C=O) groups is 2. The van der Waals surface area contributed by atoms with Crippen molar-refractivity contribution in [3.8, 4) is 0 Å². The number of aryl methyl sites for hydroxylation is 1. The number of hydrogen-bond donors (Lipinski definition) is 1. The van der Waals surface area contributed by atoms with Crippen LogP contribution in [0.5, 0.6) is 0 Å². The first-order valence-corrected chi connectivity index (χ1v) is 16.0. The second kappa shape index (κ2) is 14.4. The molecule has 2 amide bonds. The molecule has 0 radical (unpaired) electrons. The maximum atomic E-state index is 14.2. The van der Waals surface area contributed by atoms with E-state index >= 15 is 0 Å². The summed E-state index contributed by atoms with van der Waals surface area (Å²) in [7, 11) is -4.01. The van der Waals surface area contributed by atoms with E-state index in [2.05, 4.69) is 5.32 Å². The second-order valence-electron chi connectivity index (χ2n) is 10.3. The Hall–Kier alpha value is -2.78. The number of rotatable bonds is 12. The third kappa shape index (κ3) is 9.10. The molecule has 0 aliphatic heterocycles. The minimum atomic E-state index is -4.01. The van der Waals surface area contributed by atoms with Crippen molar-refractivity contribution >= 4 is 62.3 Å². The van der Waals surface area contributed by atoms with Crippen LogP contribution in [0.1, 0.15) is 30.5 Å². The molecule has 11 heteroatoms. The van der Waals surface area contributed by atoms with Crippen LogP contribution >= 0.6 is 34.8 Å². The van der Waals surface area contributed by atoms with Gasteiger partial charge >= 0.3 is 0 Å². The van der Waals surface area contributed by atoms with Gasteiger partial charge < -0.3 is 10.2 Å². The van der Waals surface area contributed by atoms with Gasteiger partial charge in [0.2, 0.25) is 21.8 Å². The van der Waals surface area contributed by atoms with Crippen molar-refractivity contribution in [3.05, 3.63) is 98.5 Å². The standard InChI is InChI=1S/C30H34Cl3N3O4S/c1-20(2)17-34-30(38)28(14-22-11-6-5-7-12-22)35(18-23-13-9-8-10-21(23)3)29(37)19-36(41(4,39)40)27-16-25(32)24(31)15-26(27)33/h5-13,15-16,20,28H,14,17-19H2,1-4H3,(H,34,38). The monoisotopic (exact) mass is 637 g/mol. The lowest BCUT2D eigenvalue weighted by atomic mass is 10.0. The zero-order chi connectivity index (χ0) is 30.3. The first kappa shape index (κ1) is 32.7. The summed E-state index contributed by atoms with van der Waals surface area (Å²) in [4.78, 5) is 29.3. The molecule has 41 heavy (non-hydrogen) atoms. The topological polar surface area (TPSA) is 86.8 Å². The van der Waals surface area contributed by atoms with Gasteiger partial charge in [-0.05, 0) is 41.7 Å². The largest absolute Gasteiger partial charge is 0.354 e. The zero-order valence-electron chi connectivity index (χ0n) is 23.4. The minimum absolute atomic E-state index is 0.0108. The molecule has 0 aromatic heterocycles. The fraction of sp³-hybridized carbons (Fsp3) is 0.333. The smallest absolute Gasteiger partial charge is 0.244 e. The Morgan fingerprint density at radius 3 is 2.12 bits per heavy atom. The Bertz CT molecular complexity index is 1480. The Morgan fingerprint density at radius 1 is 0.902 bits per heavy atom. The van der Waals surface area contributed by atoms with Crippen molar-refractivity contribution < 1.29 is 18.0 Å². The van der Waals surface area contributed by atoms with E-state index in [1.807, 2.05) is 75.4 Å². The Morgan fingerprint density at radius 2 is 1.51 bits per heavy atom. The van der Waals surface area contributed by atoms with Gasteiger partial charge in [-0.3, -0.25) is 13.9 Å². The molecule has 0 aliphatic rings. The van der Waals surface area contributed by atoms with Crippen LogP contribution in [0.25, 0.3) is 0 Å². The molecule has 0 saturated heterocycles. The van der Waals surface area contributed by atoms with Crippen LogP contribution in [0.4, 0.5) is 5.69 Å². The van der Waals surface area contributed by atoms with Crippen LogP contribution in [-0.2, 0) is 32.6 Å². The Kier molecular flexibility index (Phi) is 11.5. The van der Waals surface area contributed by atoms with Gasteiger partial charge in [0.05, 0.1) is 27.0 Å². The van der Waals surface area contributed by atoms with Crippen molar-refractivity contribution in [1.29, 1.82) is 0 Å². The second-order valence-corrected chi connectivity index (χ2v) is 13.4. The number of amides is 2. The molecule has 3 aromatic carbocycles. The van der Waals surface area contributed by atoms with E-state index in [0.29, 0.717) is 6.54 Å².